The van der Waals surface area contributed by atoms with E-state index >= 15 is 0 Å². The van der Waals surface area contributed by atoms with Crippen molar-refractivity contribution in [1.82, 2.24) is 5.32 Å². The van der Waals surface area contributed by atoms with Gasteiger partial charge in [0.25, 0.3) is 0 Å². The van der Waals surface area contributed by atoms with E-state index in [1.165, 1.54) is 32.2 Å². The van der Waals surface area contributed by atoms with E-state index in [1.807, 2.05) is 0 Å². The average molecular weight is 261 g/mol. The van der Waals surface area contributed by atoms with Gasteiger partial charge in [0, 0.05) is 6.04 Å². The van der Waals surface area contributed by atoms with Crippen LogP contribution in [0.3, 0.4) is 0 Å². The molecule has 0 radical (unpaired) electrons. The van der Waals surface area contributed by atoms with Crippen molar-refractivity contribution >= 4 is 0 Å². The Labute approximate surface area is 118 Å². The van der Waals surface area contributed by atoms with E-state index in [9.17, 15) is 0 Å². The van der Waals surface area contributed by atoms with E-state index in [-0.39, 0.29) is 0 Å². The van der Waals surface area contributed by atoms with Crippen molar-refractivity contribution < 1.29 is 0 Å². The third-order valence-electron chi connectivity index (χ3n) is 6.70. The van der Waals surface area contributed by atoms with Gasteiger partial charge in [0.15, 0.2) is 0 Å². The molecule has 0 aromatic heterocycles. The lowest BCUT2D eigenvalue weighted by molar-refractivity contribution is -0.0535. The van der Waals surface area contributed by atoms with E-state index in [0.29, 0.717) is 0 Å². The van der Waals surface area contributed by atoms with E-state index in [0.717, 1.165) is 41.5 Å². The van der Waals surface area contributed by atoms with Crippen molar-refractivity contribution in [3.05, 3.63) is 0 Å². The Kier molecular flexibility index (Phi) is 3.38. The summed E-state index contributed by atoms with van der Waals surface area (Å²) in [5, 5.41) is 3.97. The average Bonchev–Trinajstić information content (AvgIpc) is 3.18. The highest BCUT2D eigenvalue weighted by molar-refractivity contribution is 5.02. The minimum absolute atomic E-state index is 0.877. The van der Waals surface area contributed by atoms with Crippen molar-refractivity contribution in [1.29, 1.82) is 0 Å². The highest BCUT2D eigenvalue weighted by Crippen LogP contribution is 2.58. The van der Waals surface area contributed by atoms with Gasteiger partial charge in [-0.1, -0.05) is 19.8 Å². The van der Waals surface area contributed by atoms with E-state index in [1.54, 1.807) is 32.1 Å². The second kappa shape index (κ2) is 5.06. The Hall–Kier alpha value is -0.0400. The fourth-order valence-electron chi connectivity index (χ4n) is 6.04. The Balaban J connectivity index is 1.47. The summed E-state index contributed by atoms with van der Waals surface area (Å²) in [7, 11) is 0. The Bertz CT molecular complexity index is 292. The fourth-order valence-corrected chi connectivity index (χ4v) is 6.04. The molecule has 1 N–H and O–H groups in total. The highest BCUT2D eigenvalue weighted by Gasteiger charge is 2.50. The number of rotatable bonds is 6. The summed E-state index contributed by atoms with van der Waals surface area (Å²) < 4.78 is 0. The Morgan fingerprint density at radius 2 is 1.58 bits per heavy atom. The van der Waals surface area contributed by atoms with Crippen LogP contribution in [-0.4, -0.2) is 12.6 Å². The SMILES string of the molecule is CCCNC(CC1CC1)C1C2CC3CC(C2)CC1C3. The van der Waals surface area contributed by atoms with Crippen LogP contribution in [0.25, 0.3) is 0 Å². The van der Waals surface area contributed by atoms with Crippen LogP contribution in [0.2, 0.25) is 0 Å². The highest BCUT2D eigenvalue weighted by atomic mass is 14.9. The molecule has 0 amide bonds. The van der Waals surface area contributed by atoms with Gasteiger partial charge < -0.3 is 5.32 Å². The molecule has 1 atom stereocenters. The maximum atomic E-state index is 3.97. The van der Waals surface area contributed by atoms with Crippen molar-refractivity contribution in [3.8, 4) is 0 Å². The second-order valence-corrected chi connectivity index (χ2v) is 8.25. The van der Waals surface area contributed by atoms with Crippen LogP contribution >= 0.6 is 0 Å². The molecule has 108 valence electrons. The summed E-state index contributed by atoms with van der Waals surface area (Å²) in [6.45, 7) is 3.57. The zero-order valence-corrected chi connectivity index (χ0v) is 12.6. The molecule has 0 aromatic rings. The van der Waals surface area contributed by atoms with E-state index < -0.39 is 0 Å². The van der Waals surface area contributed by atoms with E-state index in [4.69, 9.17) is 0 Å². The van der Waals surface area contributed by atoms with Gasteiger partial charge in [-0.3, -0.25) is 0 Å². The van der Waals surface area contributed by atoms with Gasteiger partial charge >= 0.3 is 0 Å². The first-order valence-electron chi connectivity index (χ1n) is 9.06. The molecule has 0 spiro atoms. The standard InChI is InChI=1S/C18H31N/c1-2-5-19-17(11-12-3-4-12)18-15-7-13-6-14(9-15)10-16(18)8-13/h12-19H,2-11H2,1H3. The number of nitrogens with one attached hydrogen (secondary N) is 1. The van der Waals surface area contributed by atoms with Crippen LogP contribution in [0.1, 0.15) is 64.7 Å². The summed E-state index contributed by atoms with van der Waals surface area (Å²) in [6.07, 6.45) is 13.8. The molecule has 1 unspecified atom stereocenters. The van der Waals surface area contributed by atoms with Crippen LogP contribution in [0.5, 0.6) is 0 Å². The first-order chi connectivity index (χ1) is 9.33. The maximum absolute atomic E-state index is 3.97. The van der Waals surface area contributed by atoms with Gasteiger partial charge in [-0.05, 0) is 87.0 Å². The lowest BCUT2D eigenvalue weighted by atomic mass is 9.50. The van der Waals surface area contributed by atoms with Gasteiger partial charge in [-0.2, -0.15) is 0 Å². The summed E-state index contributed by atoms with van der Waals surface area (Å²) in [5.41, 5.74) is 0. The molecule has 1 nitrogen and oxygen atoms in total. The van der Waals surface area contributed by atoms with Gasteiger partial charge in [0.2, 0.25) is 0 Å². The lowest BCUT2D eigenvalue weighted by Gasteiger charge is -2.56. The number of hydrogen-bond donors (Lipinski definition) is 1. The Morgan fingerprint density at radius 3 is 2.11 bits per heavy atom. The molecule has 5 saturated carbocycles. The van der Waals surface area contributed by atoms with Crippen molar-refractivity contribution in [2.45, 2.75) is 70.8 Å². The topological polar surface area (TPSA) is 12.0 Å². The quantitative estimate of drug-likeness (QED) is 0.754. The van der Waals surface area contributed by atoms with Gasteiger partial charge in [-0.25, -0.2) is 0 Å². The molecular weight excluding hydrogens is 230 g/mol. The second-order valence-electron chi connectivity index (χ2n) is 8.25. The molecule has 4 bridgehead atoms. The molecular formula is C18H31N. The smallest absolute Gasteiger partial charge is 0.0103 e. The van der Waals surface area contributed by atoms with Crippen LogP contribution in [-0.2, 0) is 0 Å². The third kappa shape index (κ3) is 2.48. The Morgan fingerprint density at radius 1 is 0.947 bits per heavy atom. The zero-order chi connectivity index (χ0) is 12.8. The maximum Gasteiger partial charge on any atom is 0.0103 e. The van der Waals surface area contributed by atoms with Crippen molar-refractivity contribution in [2.75, 3.05) is 6.54 Å². The molecule has 5 fully saturated rings. The molecule has 19 heavy (non-hydrogen) atoms. The monoisotopic (exact) mass is 261 g/mol. The molecule has 5 rings (SSSR count). The fraction of sp³-hybridized carbons (Fsp3) is 1.00. The molecule has 5 aliphatic rings. The minimum atomic E-state index is 0.877. The van der Waals surface area contributed by atoms with Crippen LogP contribution in [0.4, 0.5) is 0 Å². The largest absolute Gasteiger partial charge is 0.314 e. The van der Waals surface area contributed by atoms with Gasteiger partial charge in [0.1, 0.15) is 0 Å². The summed E-state index contributed by atoms with van der Waals surface area (Å²) in [4.78, 5) is 0. The summed E-state index contributed by atoms with van der Waals surface area (Å²) in [5.74, 6) is 6.61. The molecule has 0 saturated heterocycles. The molecule has 0 aliphatic heterocycles. The van der Waals surface area contributed by atoms with Gasteiger partial charge in [0.05, 0.1) is 0 Å². The lowest BCUT2D eigenvalue weighted by Crippen LogP contribution is -2.53. The van der Waals surface area contributed by atoms with Crippen LogP contribution in [0, 0.1) is 35.5 Å². The van der Waals surface area contributed by atoms with Crippen molar-refractivity contribution in [2.24, 2.45) is 35.5 Å². The predicted molar refractivity (Wildman–Crippen MR) is 80.0 cm³/mol. The zero-order valence-electron chi connectivity index (χ0n) is 12.6. The minimum Gasteiger partial charge on any atom is -0.314 e. The molecule has 0 heterocycles. The first-order valence-corrected chi connectivity index (χ1v) is 9.06. The van der Waals surface area contributed by atoms with Crippen molar-refractivity contribution in [3.63, 3.8) is 0 Å². The van der Waals surface area contributed by atoms with E-state index in [2.05, 4.69) is 12.2 Å². The van der Waals surface area contributed by atoms with Crippen LogP contribution in [0.15, 0.2) is 0 Å². The summed E-state index contributed by atoms with van der Waals surface area (Å²) in [6, 6.07) is 0.877. The summed E-state index contributed by atoms with van der Waals surface area (Å²) >= 11 is 0. The first kappa shape index (κ1) is 12.7. The van der Waals surface area contributed by atoms with Crippen LogP contribution < -0.4 is 5.32 Å². The molecule has 5 aliphatic carbocycles. The molecule has 0 aromatic carbocycles. The normalized spacial score (nSPS) is 45.6. The van der Waals surface area contributed by atoms with Gasteiger partial charge in [-0.15, -0.1) is 0 Å². The predicted octanol–water partition coefficient (Wildman–Crippen LogP) is 4.23. The molecule has 1 heteroatoms. The third-order valence-corrected chi connectivity index (χ3v) is 6.70. The number of hydrogen-bond acceptors (Lipinski definition) is 1.